The van der Waals surface area contributed by atoms with Crippen molar-refractivity contribution in [2.75, 3.05) is 12.4 Å². The summed E-state index contributed by atoms with van der Waals surface area (Å²) in [6.45, 7) is 0.157. The molecule has 0 amide bonds. The normalized spacial score (nSPS) is 11.7. The van der Waals surface area contributed by atoms with E-state index in [1.165, 1.54) is 11.8 Å². The highest BCUT2D eigenvalue weighted by atomic mass is 32.2. The van der Waals surface area contributed by atoms with Crippen LogP contribution in [-0.2, 0) is 6.42 Å². The van der Waals surface area contributed by atoms with Crippen LogP contribution in [0.5, 0.6) is 5.75 Å². The number of hydrogen-bond acceptors (Lipinski definition) is 7. The Labute approximate surface area is 155 Å². The maximum Gasteiger partial charge on any atom is 0.276 e. The van der Waals surface area contributed by atoms with Crippen molar-refractivity contribution in [3.05, 3.63) is 60.2 Å². The van der Waals surface area contributed by atoms with Crippen LogP contribution in [0.3, 0.4) is 0 Å². The first-order valence-electron chi connectivity index (χ1n) is 8.03. The highest BCUT2D eigenvalue weighted by Crippen LogP contribution is 2.23. The van der Waals surface area contributed by atoms with Gasteiger partial charge in [-0.3, -0.25) is 0 Å². The number of aromatic nitrogens is 2. The summed E-state index contributed by atoms with van der Waals surface area (Å²) in [5, 5.41) is 27.1. The lowest BCUT2D eigenvalue weighted by molar-refractivity contribution is 0.126. The van der Waals surface area contributed by atoms with E-state index in [2.05, 4.69) is 16.3 Å². The van der Waals surface area contributed by atoms with E-state index < -0.39 is 6.10 Å². The first-order chi connectivity index (χ1) is 12.7. The number of aliphatic hydroxyl groups is 1. The van der Waals surface area contributed by atoms with Crippen molar-refractivity contribution in [3.8, 4) is 23.3 Å². The number of rotatable bonds is 8. The number of hydrogen-bond donors (Lipinski definition) is 1. The topological polar surface area (TPSA) is 92.2 Å². The van der Waals surface area contributed by atoms with Gasteiger partial charge in [0.1, 0.15) is 12.4 Å². The van der Waals surface area contributed by atoms with Crippen molar-refractivity contribution < 1.29 is 14.3 Å². The Morgan fingerprint density at radius 3 is 2.62 bits per heavy atom. The van der Waals surface area contributed by atoms with E-state index in [-0.39, 0.29) is 6.61 Å². The lowest BCUT2D eigenvalue weighted by Gasteiger charge is -2.11. The van der Waals surface area contributed by atoms with Crippen LogP contribution in [0.1, 0.15) is 5.56 Å². The van der Waals surface area contributed by atoms with E-state index in [1.54, 1.807) is 12.1 Å². The molecule has 0 aliphatic rings. The minimum atomic E-state index is -0.675. The zero-order chi connectivity index (χ0) is 18.2. The Hall–Kier alpha value is -2.82. The Morgan fingerprint density at radius 2 is 1.88 bits per heavy atom. The summed E-state index contributed by atoms with van der Waals surface area (Å²) in [6.07, 6.45) is -0.305. The molecule has 0 aliphatic carbocycles. The predicted octanol–water partition coefficient (Wildman–Crippen LogP) is 3.33. The van der Waals surface area contributed by atoms with Gasteiger partial charge < -0.3 is 14.3 Å². The van der Waals surface area contributed by atoms with E-state index in [0.29, 0.717) is 29.0 Å². The molecule has 1 atom stereocenters. The summed E-state index contributed by atoms with van der Waals surface area (Å²) < 4.78 is 11.1. The van der Waals surface area contributed by atoms with Gasteiger partial charge in [-0.25, -0.2) is 0 Å². The highest BCUT2D eigenvalue weighted by molar-refractivity contribution is 7.99. The maximum atomic E-state index is 10.1. The molecule has 0 spiro atoms. The molecule has 0 aliphatic heterocycles. The van der Waals surface area contributed by atoms with Gasteiger partial charge in [0, 0.05) is 11.3 Å². The quantitative estimate of drug-likeness (QED) is 0.610. The number of ether oxygens (including phenoxy) is 1. The van der Waals surface area contributed by atoms with E-state index >= 15 is 0 Å². The van der Waals surface area contributed by atoms with E-state index in [4.69, 9.17) is 14.4 Å². The first-order valence-corrected chi connectivity index (χ1v) is 9.01. The summed E-state index contributed by atoms with van der Waals surface area (Å²) >= 11 is 1.28. The van der Waals surface area contributed by atoms with Gasteiger partial charge in [-0.2, -0.15) is 5.26 Å². The third-order valence-corrected chi connectivity index (χ3v) is 4.44. The van der Waals surface area contributed by atoms with Gasteiger partial charge in [0.2, 0.25) is 5.89 Å². The number of nitriles is 1. The molecule has 0 radical (unpaired) electrons. The second-order valence-electron chi connectivity index (χ2n) is 5.49. The molecule has 0 fully saturated rings. The molecule has 3 rings (SSSR count). The summed E-state index contributed by atoms with van der Waals surface area (Å²) in [6, 6.07) is 18.9. The molecule has 3 aromatic rings. The number of aliphatic hydroxyl groups excluding tert-OH is 1. The van der Waals surface area contributed by atoms with Crippen LogP contribution in [-0.4, -0.2) is 33.8 Å². The van der Waals surface area contributed by atoms with Gasteiger partial charge in [0.15, 0.2) is 0 Å². The SMILES string of the molecule is N#CCc1ccc(OC[C@H](O)CSc2nnc(-c3ccccc3)o2)cc1. The Morgan fingerprint density at radius 1 is 1.12 bits per heavy atom. The van der Waals surface area contributed by atoms with Crippen molar-refractivity contribution in [2.45, 2.75) is 17.7 Å². The minimum Gasteiger partial charge on any atom is -0.491 e. The summed E-state index contributed by atoms with van der Waals surface area (Å²) in [5.41, 5.74) is 1.79. The predicted molar refractivity (Wildman–Crippen MR) is 97.7 cm³/mol. The lowest BCUT2D eigenvalue weighted by Crippen LogP contribution is -2.20. The van der Waals surface area contributed by atoms with Gasteiger partial charge in [-0.05, 0) is 29.8 Å². The van der Waals surface area contributed by atoms with Crippen molar-refractivity contribution in [1.82, 2.24) is 10.2 Å². The fourth-order valence-electron chi connectivity index (χ4n) is 2.17. The van der Waals surface area contributed by atoms with Crippen molar-refractivity contribution in [1.29, 1.82) is 5.26 Å². The zero-order valence-corrected chi connectivity index (χ0v) is 14.7. The molecular weight excluding hydrogens is 350 g/mol. The Bertz CT molecular complexity index is 860. The molecule has 26 heavy (non-hydrogen) atoms. The molecule has 0 unspecified atom stereocenters. The number of nitrogens with zero attached hydrogens (tertiary/aromatic N) is 3. The monoisotopic (exact) mass is 367 g/mol. The Kier molecular flexibility index (Phi) is 6.25. The third-order valence-electron chi connectivity index (χ3n) is 3.48. The molecule has 1 heterocycles. The first kappa shape index (κ1) is 18.0. The fraction of sp³-hybridized carbons (Fsp3) is 0.211. The van der Waals surface area contributed by atoms with Crippen LogP contribution in [0.2, 0.25) is 0 Å². The standard InChI is InChI=1S/C19H17N3O3S/c20-11-10-14-6-8-17(9-7-14)24-12-16(23)13-26-19-22-21-18(25-19)15-4-2-1-3-5-15/h1-9,16,23H,10,12-13H2/t16-/m0/s1. The zero-order valence-electron chi connectivity index (χ0n) is 13.9. The van der Waals surface area contributed by atoms with Gasteiger partial charge in [-0.1, -0.05) is 42.1 Å². The van der Waals surface area contributed by atoms with Crippen LogP contribution in [0.25, 0.3) is 11.5 Å². The molecule has 7 heteroatoms. The van der Waals surface area contributed by atoms with Crippen LogP contribution in [0.15, 0.2) is 64.2 Å². The summed E-state index contributed by atoms with van der Waals surface area (Å²) in [5.74, 6) is 1.49. The average Bonchev–Trinajstić information content (AvgIpc) is 3.16. The summed E-state index contributed by atoms with van der Waals surface area (Å²) in [7, 11) is 0. The second kappa shape index (κ2) is 9.04. The molecule has 1 N–H and O–H groups in total. The minimum absolute atomic E-state index is 0.157. The number of thioether (sulfide) groups is 1. The van der Waals surface area contributed by atoms with Gasteiger partial charge in [0.25, 0.3) is 5.22 Å². The molecule has 0 saturated carbocycles. The third kappa shape index (κ3) is 5.09. The van der Waals surface area contributed by atoms with Crippen LogP contribution in [0.4, 0.5) is 0 Å². The average molecular weight is 367 g/mol. The largest absolute Gasteiger partial charge is 0.491 e. The molecule has 2 aromatic carbocycles. The number of benzene rings is 2. The van der Waals surface area contributed by atoms with Crippen LogP contribution in [0, 0.1) is 11.3 Å². The second-order valence-corrected chi connectivity index (χ2v) is 6.47. The fourth-order valence-corrected chi connectivity index (χ4v) is 2.84. The molecule has 1 aromatic heterocycles. The lowest BCUT2D eigenvalue weighted by atomic mass is 10.2. The molecule has 0 saturated heterocycles. The van der Waals surface area contributed by atoms with Crippen molar-refractivity contribution >= 4 is 11.8 Å². The molecule has 6 nitrogen and oxygen atoms in total. The van der Waals surface area contributed by atoms with Crippen LogP contribution < -0.4 is 4.74 Å². The molecule has 0 bridgehead atoms. The van der Waals surface area contributed by atoms with Crippen molar-refractivity contribution in [2.24, 2.45) is 0 Å². The van der Waals surface area contributed by atoms with Gasteiger partial charge in [0.05, 0.1) is 18.6 Å². The summed E-state index contributed by atoms with van der Waals surface area (Å²) in [4.78, 5) is 0. The van der Waals surface area contributed by atoms with E-state index in [0.717, 1.165) is 11.1 Å². The highest BCUT2D eigenvalue weighted by Gasteiger charge is 2.12. The van der Waals surface area contributed by atoms with Crippen molar-refractivity contribution in [3.63, 3.8) is 0 Å². The van der Waals surface area contributed by atoms with E-state index in [1.807, 2.05) is 42.5 Å². The Balaban J connectivity index is 1.45. The smallest absolute Gasteiger partial charge is 0.276 e. The molecular formula is C19H17N3O3S. The van der Waals surface area contributed by atoms with E-state index in [9.17, 15) is 5.11 Å². The van der Waals surface area contributed by atoms with Gasteiger partial charge >= 0.3 is 0 Å². The van der Waals surface area contributed by atoms with Crippen LogP contribution >= 0.6 is 11.8 Å². The maximum absolute atomic E-state index is 10.1. The van der Waals surface area contributed by atoms with Gasteiger partial charge in [-0.15, -0.1) is 10.2 Å². The molecule has 132 valence electrons.